The maximum atomic E-state index is 12.1. The summed E-state index contributed by atoms with van der Waals surface area (Å²) in [6, 6.07) is 3.96. The van der Waals surface area contributed by atoms with E-state index in [1.807, 2.05) is 0 Å². The van der Waals surface area contributed by atoms with Gasteiger partial charge in [-0.05, 0) is 12.1 Å². The van der Waals surface area contributed by atoms with Crippen molar-refractivity contribution < 1.29 is 18.4 Å². The molecule has 0 aliphatic heterocycles. The molecule has 0 fully saturated rings. The van der Waals surface area contributed by atoms with Crippen LogP contribution < -0.4 is 0 Å². The first-order chi connectivity index (χ1) is 6.05. The molecule has 1 heterocycles. The number of aromatic nitrogens is 1. The molecule has 0 amide bonds. The third-order valence-corrected chi connectivity index (χ3v) is 1.28. The van der Waals surface area contributed by atoms with Crippen LogP contribution in [0.5, 0.6) is 0 Å². The van der Waals surface area contributed by atoms with Gasteiger partial charge in [-0.3, -0.25) is 4.98 Å². The quantitative estimate of drug-likeness (QED) is 0.417. The molecule has 0 saturated heterocycles. The van der Waals surface area contributed by atoms with Crippen LogP contribution in [0.25, 0.3) is 0 Å². The summed E-state index contributed by atoms with van der Waals surface area (Å²) in [4.78, 5) is 3.41. The monoisotopic (exact) mass is 190 g/mol. The lowest BCUT2D eigenvalue weighted by molar-refractivity contribution is -0.0602. The molecule has 3 nitrogen and oxygen atoms in total. The van der Waals surface area contributed by atoms with Gasteiger partial charge in [-0.1, -0.05) is 11.2 Å². The van der Waals surface area contributed by atoms with E-state index in [4.69, 9.17) is 5.21 Å². The first-order valence-corrected chi connectivity index (χ1v) is 3.26. The van der Waals surface area contributed by atoms with Crippen LogP contribution in [0.1, 0.15) is 5.69 Å². The van der Waals surface area contributed by atoms with E-state index in [0.29, 0.717) is 0 Å². The molecule has 0 unspecified atom stereocenters. The summed E-state index contributed by atoms with van der Waals surface area (Å²) in [7, 11) is 0. The van der Waals surface area contributed by atoms with E-state index in [2.05, 4.69) is 10.1 Å². The number of rotatable bonds is 1. The van der Waals surface area contributed by atoms with Crippen molar-refractivity contribution >= 4 is 5.71 Å². The molecular formula is C7H5F3N2O. The largest absolute Gasteiger partial charge is 0.438 e. The molecule has 0 bridgehead atoms. The average molecular weight is 190 g/mol. The Morgan fingerprint density at radius 2 is 2.08 bits per heavy atom. The van der Waals surface area contributed by atoms with Gasteiger partial charge in [0.25, 0.3) is 0 Å². The van der Waals surface area contributed by atoms with E-state index in [0.717, 1.165) is 6.07 Å². The smallest absolute Gasteiger partial charge is 0.410 e. The van der Waals surface area contributed by atoms with Crippen molar-refractivity contribution in [2.45, 2.75) is 6.18 Å². The predicted molar refractivity (Wildman–Crippen MR) is 38.6 cm³/mol. The van der Waals surface area contributed by atoms with Gasteiger partial charge in [-0.2, -0.15) is 13.2 Å². The summed E-state index contributed by atoms with van der Waals surface area (Å²) in [5.41, 5.74) is -1.80. The van der Waals surface area contributed by atoms with Gasteiger partial charge in [0.2, 0.25) is 5.71 Å². The second-order valence-corrected chi connectivity index (χ2v) is 2.16. The van der Waals surface area contributed by atoms with Crippen molar-refractivity contribution in [3.63, 3.8) is 0 Å². The van der Waals surface area contributed by atoms with Crippen molar-refractivity contribution in [1.82, 2.24) is 4.98 Å². The average Bonchev–Trinajstić information content (AvgIpc) is 2.05. The van der Waals surface area contributed by atoms with Crippen LogP contribution in [0.4, 0.5) is 13.2 Å². The van der Waals surface area contributed by atoms with Crippen LogP contribution in [-0.2, 0) is 0 Å². The molecule has 70 valence electrons. The normalized spacial score (nSPS) is 13.0. The minimum Gasteiger partial charge on any atom is -0.410 e. The van der Waals surface area contributed by atoms with E-state index >= 15 is 0 Å². The number of hydrogen-bond acceptors (Lipinski definition) is 3. The standard InChI is InChI=1S/C7H5F3N2O/c8-7(9,10)6(12-13)5-3-1-2-4-11-5/h1-4,13H/b12-6-. The van der Waals surface area contributed by atoms with Gasteiger partial charge in [0.05, 0.1) is 5.69 Å². The highest BCUT2D eigenvalue weighted by Gasteiger charge is 2.38. The van der Waals surface area contributed by atoms with E-state index in [1.54, 1.807) is 0 Å². The van der Waals surface area contributed by atoms with Crippen LogP contribution in [0.3, 0.4) is 0 Å². The molecule has 6 heteroatoms. The van der Waals surface area contributed by atoms with Crippen molar-refractivity contribution in [3.8, 4) is 0 Å². The van der Waals surface area contributed by atoms with E-state index in [9.17, 15) is 13.2 Å². The van der Waals surface area contributed by atoms with Crippen LogP contribution in [0, 0.1) is 0 Å². The molecule has 1 N–H and O–H groups in total. The third kappa shape index (κ3) is 2.17. The van der Waals surface area contributed by atoms with Gasteiger partial charge >= 0.3 is 6.18 Å². The Labute approximate surface area is 71.5 Å². The third-order valence-electron chi connectivity index (χ3n) is 1.28. The number of hydrogen-bond donors (Lipinski definition) is 1. The van der Waals surface area contributed by atoms with Crippen LogP contribution in [0.2, 0.25) is 0 Å². The zero-order chi connectivity index (χ0) is 9.90. The predicted octanol–water partition coefficient (Wildman–Crippen LogP) is 1.82. The lowest BCUT2D eigenvalue weighted by Crippen LogP contribution is -2.24. The highest BCUT2D eigenvalue weighted by atomic mass is 19.4. The topological polar surface area (TPSA) is 45.5 Å². The Hall–Kier alpha value is -1.59. The molecule has 13 heavy (non-hydrogen) atoms. The van der Waals surface area contributed by atoms with E-state index < -0.39 is 17.6 Å². The Kier molecular flexibility index (Phi) is 2.50. The number of oxime groups is 1. The molecular weight excluding hydrogens is 185 g/mol. The molecule has 0 spiro atoms. The first-order valence-electron chi connectivity index (χ1n) is 3.26. The van der Waals surface area contributed by atoms with Gasteiger partial charge in [-0.15, -0.1) is 0 Å². The molecule has 0 aliphatic carbocycles. The fourth-order valence-corrected chi connectivity index (χ4v) is 0.756. The fourth-order valence-electron chi connectivity index (χ4n) is 0.756. The maximum absolute atomic E-state index is 12.1. The molecule has 1 rings (SSSR count). The van der Waals surface area contributed by atoms with Crippen molar-refractivity contribution in [2.24, 2.45) is 5.16 Å². The van der Waals surface area contributed by atoms with Gasteiger partial charge in [-0.25, -0.2) is 0 Å². The molecule has 0 radical (unpaired) electrons. The van der Waals surface area contributed by atoms with Gasteiger partial charge in [0.15, 0.2) is 0 Å². The summed E-state index contributed by atoms with van der Waals surface area (Å²) in [5.74, 6) is 0. The van der Waals surface area contributed by atoms with Crippen molar-refractivity contribution in [2.75, 3.05) is 0 Å². The summed E-state index contributed by atoms with van der Waals surface area (Å²) in [6.07, 6.45) is -3.50. The van der Waals surface area contributed by atoms with Crippen LogP contribution in [-0.4, -0.2) is 22.1 Å². The molecule has 0 saturated carbocycles. The lowest BCUT2D eigenvalue weighted by atomic mass is 10.2. The van der Waals surface area contributed by atoms with Gasteiger partial charge in [0, 0.05) is 6.20 Å². The summed E-state index contributed by atoms with van der Waals surface area (Å²) >= 11 is 0. The van der Waals surface area contributed by atoms with Crippen LogP contribution in [0.15, 0.2) is 29.6 Å². The second kappa shape index (κ2) is 3.42. The Morgan fingerprint density at radius 1 is 1.38 bits per heavy atom. The molecule has 1 aromatic heterocycles. The summed E-state index contributed by atoms with van der Waals surface area (Å²) < 4.78 is 36.2. The Morgan fingerprint density at radius 3 is 2.46 bits per heavy atom. The van der Waals surface area contributed by atoms with E-state index in [-0.39, 0.29) is 0 Å². The number of halogens is 3. The fraction of sp³-hybridized carbons (Fsp3) is 0.143. The first kappa shape index (κ1) is 9.50. The van der Waals surface area contributed by atoms with E-state index in [1.165, 1.54) is 18.3 Å². The molecule has 0 aromatic carbocycles. The zero-order valence-electron chi connectivity index (χ0n) is 6.28. The minimum atomic E-state index is -4.69. The Bertz CT molecular complexity index is 307. The Balaban J connectivity index is 3.08. The number of alkyl halides is 3. The molecule has 0 atom stereocenters. The highest BCUT2D eigenvalue weighted by molar-refractivity contribution is 6.02. The number of pyridine rings is 1. The second-order valence-electron chi connectivity index (χ2n) is 2.16. The van der Waals surface area contributed by atoms with Gasteiger partial charge < -0.3 is 5.21 Å². The SMILES string of the molecule is O/N=C(/c1ccccn1)C(F)(F)F. The van der Waals surface area contributed by atoms with Crippen molar-refractivity contribution in [3.05, 3.63) is 30.1 Å². The van der Waals surface area contributed by atoms with Crippen LogP contribution >= 0.6 is 0 Å². The van der Waals surface area contributed by atoms with Crippen molar-refractivity contribution in [1.29, 1.82) is 0 Å². The zero-order valence-corrected chi connectivity index (χ0v) is 6.28. The summed E-state index contributed by atoms with van der Waals surface area (Å²) in [6.45, 7) is 0. The number of nitrogens with zero attached hydrogens (tertiary/aromatic N) is 2. The molecule has 1 aromatic rings. The molecule has 0 aliphatic rings. The minimum absolute atomic E-state index is 0.405. The van der Waals surface area contributed by atoms with Gasteiger partial charge in [0.1, 0.15) is 0 Å². The maximum Gasteiger partial charge on any atom is 0.438 e. The summed E-state index contributed by atoms with van der Waals surface area (Å²) in [5, 5.41) is 10.3. The highest BCUT2D eigenvalue weighted by Crippen LogP contribution is 2.20. The lowest BCUT2D eigenvalue weighted by Gasteiger charge is -2.06.